The summed E-state index contributed by atoms with van der Waals surface area (Å²) >= 11 is 0. The molecule has 0 aliphatic rings. The maximum absolute atomic E-state index is 12.7. The van der Waals surface area contributed by atoms with Crippen molar-refractivity contribution in [2.24, 2.45) is 0 Å². The molecule has 0 heterocycles. The molecule has 0 aliphatic carbocycles. The van der Waals surface area contributed by atoms with Gasteiger partial charge >= 0.3 is 0 Å². The van der Waals surface area contributed by atoms with Gasteiger partial charge in [0.05, 0.1) is 4.90 Å². The van der Waals surface area contributed by atoms with Gasteiger partial charge in [0.1, 0.15) is 13.3 Å². The smallest absolute Gasteiger partial charge is 0.231 e. The Balaban J connectivity index is 2.01. The molecule has 0 atom stereocenters. The lowest BCUT2D eigenvalue weighted by Gasteiger charge is -2.18. The molecule has 0 saturated carbocycles. The highest BCUT2D eigenvalue weighted by Crippen LogP contribution is 2.22. The van der Waals surface area contributed by atoms with Crippen molar-refractivity contribution in [1.82, 2.24) is 4.31 Å². The fourth-order valence-electron chi connectivity index (χ4n) is 2.12. The fraction of sp³-hybridized carbons (Fsp3) is 0.158. The number of hydrogen-bond donors (Lipinski definition) is 0. The van der Waals surface area contributed by atoms with Crippen molar-refractivity contribution in [2.45, 2.75) is 11.5 Å². The highest BCUT2D eigenvalue weighted by atomic mass is 32.2. The van der Waals surface area contributed by atoms with E-state index in [1.807, 2.05) is 30.3 Å². The predicted molar refractivity (Wildman–Crippen MR) is 98.8 cm³/mol. The molecule has 0 fully saturated rings. The van der Waals surface area contributed by atoms with Crippen LogP contribution in [0.2, 0.25) is 0 Å². The molecule has 5 nitrogen and oxygen atoms in total. The molecule has 2 rings (SSSR count). The first-order valence-electron chi connectivity index (χ1n) is 7.62. The largest absolute Gasteiger partial charge is 0.245 e. The van der Waals surface area contributed by atoms with Gasteiger partial charge in [-0.15, -0.1) is 0 Å². The number of benzene rings is 2. The summed E-state index contributed by atoms with van der Waals surface area (Å²) in [5, 5.41) is 0. The molecule has 0 aliphatic heterocycles. The molecule has 0 amide bonds. The van der Waals surface area contributed by atoms with Crippen LogP contribution in [0, 0.1) is 0 Å². The zero-order valence-electron chi connectivity index (χ0n) is 14.1. The van der Waals surface area contributed by atoms with Crippen LogP contribution in [0.4, 0.5) is 0 Å². The van der Waals surface area contributed by atoms with Crippen LogP contribution in [0.15, 0.2) is 66.6 Å². The van der Waals surface area contributed by atoms with Gasteiger partial charge in [0.2, 0.25) is 10.0 Å². The van der Waals surface area contributed by atoms with Gasteiger partial charge in [0, 0.05) is 7.05 Å². The van der Waals surface area contributed by atoms with E-state index in [0.717, 1.165) is 15.4 Å². The van der Waals surface area contributed by atoms with E-state index in [1.54, 1.807) is 18.2 Å². The van der Waals surface area contributed by atoms with Gasteiger partial charge < -0.3 is 0 Å². The van der Waals surface area contributed by atoms with E-state index in [0.29, 0.717) is 5.56 Å². The number of nitrogens with zero attached hydrogens (tertiary/aromatic N) is 1. The molecule has 2 aromatic rings. The molecule has 0 aromatic heterocycles. The van der Waals surface area contributed by atoms with Crippen molar-refractivity contribution in [3.05, 3.63) is 78.4 Å². The lowest BCUT2D eigenvalue weighted by atomic mass is 10.1. The van der Waals surface area contributed by atoms with Crippen molar-refractivity contribution in [2.75, 3.05) is 13.8 Å². The molecule has 0 radical (unpaired) electrons. The molecule has 0 bridgehead atoms. The second-order valence-electron chi connectivity index (χ2n) is 5.30. The van der Waals surface area contributed by atoms with Crippen molar-refractivity contribution < 1.29 is 18.2 Å². The third-order valence-corrected chi connectivity index (χ3v) is 5.42. The van der Waals surface area contributed by atoms with E-state index in [9.17, 15) is 8.42 Å². The summed E-state index contributed by atoms with van der Waals surface area (Å²) in [6.45, 7) is 7.36. The molecule has 0 saturated heterocycles. The van der Waals surface area contributed by atoms with E-state index in [4.69, 9.17) is 9.78 Å². The first-order chi connectivity index (χ1) is 12.0. The molecule has 6 heteroatoms. The highest BCUT2D eigenvalue weighted by Gasteiger charge is 2.23. The van der Waals surface area contributed by atoms with Crippen molar-refractivity contribution in [3.8, 4) is 0 Å². The quantitative estimate of drug-likeness (QED) is 0.296. The van der Waals surface area contributed by atoms with Crippen molar-refractivity contribution in [3.63, 3.8) is 0 Å². The lowest BCUT2D eigenvalue weighted by molar-refractivity contribution is -0.316. The number of sulfonamides is 1. The summed E-state index contributed by atoms with van der Waals surface area (Å²) in [6, 6.07) is 14.4. The van der Waals surface area contributed by atoms with E-state index < -0.39 is 10.0 Å². The Bertz CT molecular complexity index is 832. The third-order valence-electron chi connectivity index (χ3n) is 3.56. The Morgan fingerprint density at radius 1 is 1.04 bits per heavy atom. The van der Waals surface area contributed by atoms with Crippen LogP contribution in [-0.4, -0.2) is 26.5 Å². The number of rotatable bonds is 9. The van der Waals surface area contributed by atoms with Crippen LogP contribution < -0.4 is 0 Å². The highest BCUT2D eigenvalue weighted by molar-refractivity contribution is 7.89. The maximum atomic E-state index is 12.7. The molecular formula is C19H21NO4S. The first-order valence-corrected chi connectivity index (χ1v) is 9.06. The van der Waals surface area contributed by atoms with Crippen LogP contribution in [-0.2, 0) is 26.4 Å². The average Bonchev–Trinajstić information content (AvgIpc) is 2.65. The lowest BCUT2D eigenvalue weighted by Crippen LogP contribution is -2.30. The molecule has 2 aromatic carbocycles. The monoisotopic (exact) mass is 359 g/mol. The average molecular weight is 359 g/mol. The minimum absolute atomic E-state index is 0.155. The van der Waals surface area contributed by atoms with Gasteiger partial charge in [-0.3, -0.25) is 0 Å². The van der Waals surface area contributed by atoms with Crippen molar-refractivity contribution in [1.29, 1.82) is 0 Å². The zero-order chi connectivity index (χ0) is 18.3. The van der Waals surface area contributed by atoms with E-state index in [2.05, 4.69) is 13.2 Å². The Morgan fingerprint density at radius 3 is 2.40 bits per heavy atom. The van der Waals surface area contributed by atoms with E-state index in [1.165, 1.54) is 19.2 Å². The van der Waals surface area contributed by atoms with Crippen LogP contribution in [0.5, 0.6) is 0 Å². The SMILES string of the molecule is C=Cc1ccc(S(=O)(=O)N(C)COOCc2ccccc2)c(C=C)c1. The summed E-state index contributed by atoms with van der Waals surface area (Å²) in [6.07, 6.45) is 3.15. The summed E-state index contributed by atoms with van der Waals surface area (Å²) in [5.74, 6) is 0. The summed E-state index contributed by atoms with van der Waals surface area (Å²) in [4.78, 5) is 10.3. The molecule has 0 unspecified atom stereocenters. The molecule has 25 heavy (non-hydrogen) atoms. The molecule has 0 spiro atoms. The minimum atomic E-state index is -3.73. The molecule has 0 N–H and O–H groups in total. The predicted octanol–water partition coefficient (Wildman–Crippen LogP) is 3.70. The van der Waals surface area contributed by atoms with Gasteiger partial charge in [-0.2, -0.15) is 4.31 Å². The van der Waals surface area contributed by atoms with Gasteiger partial charge in [0.15, 0.2) is 0 Å². The van der Waals surface area contributed by atoms with Crippen molar-refractivity contribution >= 4 is 22.2 Å². The Labute approximate surface area is 148 Å². The van der Waals surface area contributed by atoms with Crippen LogP contribution in [0.1, 0.15) is 16.7 Å². The maximum Gasteiger partial charge on any atom is 0.245 e. The number of hydrogen-bond acceptors (Lipinski definition) is 4. The standard InChI is InChI=1S/C19H21NO4S/c1-4-16-11-12-19(18(5-2)13-16)25(21,22)20(3)15-24-23-14-17-9-7-6-8-10-17/h4-13H,1-2,14-15H2,3H3. The van der Waals surface area contributed by atoms with Gasteiger partial charge in [-0.1, -0.05) is 61.7 Å². The summed E-state index contributed by atoms with van der Waals surface area (Å²) < 4.78 is 26.5. The van der Waals surface area contributed by atoms with Gasteiger partial charge in [-0.25, -0.2) is 18.2 Å². The molecular weight excluding hydrogens is 338 g/mol. The fourth-order valence-corrected chi connectivity index (χ4v) is 3.32. The molecule has 132 valence electrons. The summed E-state index contributed by atoms with van der Waals surface area (Å²) in [7, 11) is -2.30. The second kappa shape index (κ2) is 8.73. The van der Waals surface area contributed by atoms with Crippen LogP contribution in [0.25, 0.3) is 12.2 Å². The minimum Gasteiger partial charge on any atom is -0.231 e. The van der Waals surface area contributed by atoms with Gasteiger partial charge in [0.25, 0.3) is 0 Å². The van der Waals surface area contributed by atoms with Gasteiger partial charge in [-0.05, 0) is 28.8 Å². The third kappa shape index (κ3) is 4.87. The first kappa shape index (κ1) is 19.1. The summed E-state index contributed by atoms with van der Waals surface area (Å²) in [5.41, 5.74) is 2.26. The van der Waals surface area contributed by atoms with E-state index in [-0.39, 0.29) is 18.2 Å². The Hall–Kier alpha value is -2.25. The zero-order valence-corrected chi connectivity index (χ0v) is 14.9. The van der Waals surface area contributed by atoms with Crippen LogP contribution >= 0.6 is 0 Å². The Kier molecular flexibility index (Phi) is 6.66. The second-order valence-corrected chi connectivity index (χ2v) is 7.32. The normalized spacial score (nSPS) is 11.4. The Morgan fingerprint density at radius 2 is 1.76 bits per heavy atom. The van der Waals surface area contributed by atoms with Crippen LogP contribution in [0.3, 0.4) is 0 Å². The topological polar surface area (TPSA) is 55.8 Å². The van der Waals surface area contributed by atoms with E-state index >= 15 is 0 Å².